The lowest BCUT2D eigenvalue weighted by Gasteiger charge is -2.26. The Bertz CT molecular complexity index is 374. The molecular formula is C16H22OS. The highest BCUT2D eigenvalue weighted by molar-refractivity contribution is 7.99. The number of thioether (sulfide) groups is 1. The molecule has 1 fully saturated rings. The number of hydrogen-bond acceptors (Lipinski definition) is 2. The van der Waals surface area contributed by atoms with Crippen LogP contribution in [0.25, 0.3) is 0 Å². The molecule has 1 aromatic rings. The van der Waals surface area contributed by atoms with Gasteiger partial charge < -0.3 is 0 Å². The van der Waals surface area contributed by atoms with Gasteiger partial charge in [0.2, 0.25) is 0 Å². The standard InChI is InChI=1S/C16H22OS/c1-13-6-5-9-15(12-13)18-11-10-16(17)14-7-3-2-4-8-14/h2-4,7-8,13,15H,5-6,9-12H2,1H3. The number of ketones is 1. The fourth-order valence-electron chi connectivity index (χ4n) is 2.62. The monoisotopic (exact) mass is 262 g/mol. The minimum absolute atomic E-state index is 0.284. The molecule has 1 aliphatic carbocycles. The van der Waals surface area contributed by atoms with E-state index in [0.717, 1.165) is 22.5 Å². The van der Waals surface area contributed by atoms with Gasteiger partial charge in [-0.05, 0) is 18.8 Å². The second-order valence-corrected chi connectivity index (χ2v) is 6.71. The van der Waals surface area contributed by atoms with E-state index in [1.807, 2.05) is 42.1 Å². The molecule has 0 amide bonds. The molecule has 0 heterocycles. The van der Waals surface area contributed by atoms with Gasteiger partial charge in [-0.2, -0.15) is 11.8 Å². The molecule has 0 N–H and O–H groups in total. The highest BCUT2D eigenvalue weighted by Crippen LogP contribution is 2.32. The molecule has 1 aliphatic rings. The summed E-state index contributed by atoms with van der Waals surface area (Å²) < 4.78 is 0. The van der Waals surface area contributed by atoms with E-state index in [1.165, 1.54) is 25.7 Å². The smallest absolute Gasteiger partial charge is 0.163 e. The van der Waals surface area contributed by atoms with E-state index in [2.05, 4.69) is 6.92 Å². The number of carbonyl (C=O) groups excluding carboxylic acids is 1. The number of carbonyl (C=O) groups is 1. The number of Topliss-reactive ketones (excluding diaryl/α,β-unsaturated/α-hetero) is 1. The van der Waals surface area contributed by atoms with Crippen molar-refractivity contribution in [2.75, 3.05) is 5.75 Å². The molecule has 2 rings (SSSR count). The fraction of sp³-hybridized carbons (Fsp3) is 0.562. The zero-order valence-corrected chi connectivity index (χ0v) is 11.9. The predicted octanol–water partition coefficient (Wildman–Crippen LogP) is 4.57. The molecule has 0 aliphatic heterocycles. The maximum atomic E-state index is 11.9. The molecule has 2 heteroatoms. The average molecular weight is 262 g/mol. The van der Waals surface area contributed by atoms with Crippen molar-refractivity contribution in [3.8, 4) is 0 Å². The third-order valence-electron chi connectivity index (χ3n) is 3.67. The van der Waals surface area contributed by atoms with E-state index < -0.39 is 0 Å². The lowest BCUT2D eigenvalue weighted by Crippen LogP contribution is -2.16. The van der Waals surface area contributed by atoms with Crippen molar-refractivity contribution < 1.29 is 4.79 Å². The summed E-state index contributed by atoms with van der Waals surface area (Å²) in [5, 5.41) is 0.789. The third-order valence-corrected chi connectivity index (χ3v) is 5.01. The molecule has 98 valence electrons. The number of benzene rings is 1. The van der Waals surface area contributed by atoms with Crippen molar-refractivity contribution >= 4 is 17.5 Å². The Morgan fingerprint density at radius 1 is 1.28 bits per heavy atom. The first kappa shape index (κ1) is 13.7. The first-order chi connectivity index (χ1) is 8.75. The Morgan fingerprint density at radius 2 is 2.06 bits per heavy atom. The highest BCUT2D eigenvalue weighted by atomic mass is 32.2. The summed E-state index contributed by atoms with van der Waals surface area (Å²) in [4.78, 5) is 11.9. The predicted molar refractivity (Wildman–Crippen MR) is 79.3 cm³/mol. The van der Waals surface area contributed by atoms with Gasteiger partial charge in [0, 0.05) is 23.0 Å². The van der Waals surface area contributed by atoms with Crippen molar-refractivity contribution in [2.45, 2.75) is 44.3 Å². The summed E-state index contributed by atoms with van der Waals surface area (Å²) in [5.74, 6) is 2.14. The van der Waals surface area contributed by atoms with Crippen molar-refractivity contribution in [1.29, 1.82) is 0 Å². The van der Waals surface area contributed by atoms with Crippen LogP contribution in [0.5, 0.6) is 0 Å². The zero-order chi connectivity index (χ0) is 12.8. The van der Waals surface area contributed by atoms with E-state index >= 15 is 0 Å². The molecule has 2 unspecified atom stereocenters. The van der Waals surface area contributed by atoms with Gasteiger partial charge in [-0.1, -0.05) is 50.1 Å². The summed E-state index contributed by atoms with van der Waals surface area (Å²) in [7, 11) is 0. The van der Waals surface area contributed by atoms with Gasteiger partial charge in [0.05, 0.1) is 0 Å². The normalized spacial score (nSPS) is 23.8. The van der Waals surface area contributed by atoms with Crippen LogP contribution in [0, 0.1) is 5.92 Å². The van der Waals surface area contributed by atoms with Crippen LogP contribution in [-0.2, 0) is 0 Å². The van der Waals surface area contributed by atoms with Gasteiger partial charge in [0.15, 0.2) is 5.78 Å². The van der Waals surface area contributed by atoms with Crippen LogP contribution >= 0.6 is 11.8 Å². The molecule has 1 aromatic carbocycles. The van der Waals surface area contributed by atoms with Gasteiger partial charge in [-0.15, -0.1) is 0 Å². The lowest BCUT2D eigenvalue weighted by molar-refractivity contribution is 0.0989. The average Bonchev–Trinajstić information content (AvgIpc) is 2.40. The molecule has 0 spiro atoms. The summed E-state index contributed by atoms with van der Waals surface area (Å²) >= 11 is 2.00. The third kappa shape index (κ3) is 4.16. The number of hydrogen-bond donors (Lipinski definition) is 0. The number of rotatable bonds is 5. The van der Waals surface area contributed by atoms with Crippen LogP contribution in [0.4, 0.5) is 0 Å². The molecule has 1 saturated carbocycles. The zero-order valence-electron chi connectivity index (χ0n) is 11.1. The Balaban J connectivity index is 1.70. The van der Waals surface area contributed by atoms with Crippen molar-refractivity contribution in [1.82, 2.24) is 0 Å². The molecule has 0 saturated heterocycles. The van der Waals surface area contributed by atoms with Crippen LogP contribution in [0.15, 0.2) is 30.3 Å². The van der Waals surface area contributed by atoms with Crippen LogP contribution in [0.1, 0.15) is 49.4 Å². The molecule has 0 aromatic heterocycles. The Hall–Kier alpha value is -0.760. The molecule has 0 bridgehead atoms. The van der Waals surface area contributed by atoms with Gasteiger partial charge >= 0.3 is 0 Å². The first-order valence-corrected chi connectivity index (χ1v) is 8.00. The Labute approximate surface area is 114 Å². The maximum Gasteiger partial charge on any atom is 0.163 e. The molecule has 2 atom stereocenters. The van der Waals surface area contributed by atoms with E-state index in [9.17, 15) is 4.79 Å². The van der Waals surface area contributed by atoms with E-state index in [4.69, 9.17) is 0 Å². The largest absolute Gasteiger partial charge is 0.294 e. The van der Waals surface area contributed by atoms with Gasteiger partial charge in [-0.25, -0.2) is 0 Å². The van der Waals surface area contributed by atoms with E-state index in [-0.39, 0.29) is 5.78 Å². The van der Waals surface area contributed by atoms with Gasteiger partial charge in [0.25, 0.3) is 0 Å². The van der Waals surface area contributed by atoms with Crippen molar-refractivity contribution in [3.63, 3.8) is 0 Å². The summed E-state index contributed by atoms with van der Waals surface area (Å²) in [6, 6.07) is 9.65. The Morgan fingerprint density at radius 3 is 2.78 bits per heavy atom. The molecule has 0 radical (unpaired) electrons. The molecule has 1 nitrogen and oxygen atoms in total. The van der Waals surface area contributed by atoms with E-state index in [0.29, 0.717) is 6.42 Å². The Kier molecular flexibility index (Phi) is 5.30. The molecular weight excluding hydrogens is 240 g/mol. The van der Waals surface area contributed by atoms with Crippen LogP contribution in [0.2, 0.25) is 0 Å². The second kappa shape index (κ2) is 6.98. The summed E-state index contributed by atoms with van der Waals surface area (Å²) in [6.45, 7) is 2.35. The molecule has 18 heavy (non-hydrogen) atoms. The second-order valence-electron chi connectivity index (χ2n) is 5.30. The minimum Gasteiger partial charge on any atom is -0.294 e. The van der Waals surface area contributed by atoms with Crippen molar-refractivity contribution in [3.05, 3.63) is 35.9 Å². The van der Waals surface area contributed by atoms with E-state index in [1.54, 1.807) is 0 Å². The highest BCUT2D eigenvalue weighted by Gasteiger charge is 2.19. The fourth-order valence-corrected chi connectivity index (χ4v) is 4.05. The van der Waals surface area contributed by atoms with Crippen LogP contribution in [0.3, 0.4) is 0 Å². The maximum absolute atomic E-state index is 11.9. The van der Waals surface area contributed by atoms with Crippen LogP contribution in [-0.4, -0.2) is 16.8 Å². The van der Waals surface area contributed by atoms with Gasteiger partial charge in [-0.3, -0.25) is 4.79 Å². The van der Waals surface area contributed by atoms with Gasteiger partial charge in [0.1, 0.15) is 0 Å². The summed E-state index contributed by atoms with van der Waals surface area (Å²) in [6.07, 6.45) is 6.11. The SMILES string of the molecule is CC1CCCC(SCCC(=O)c2ccccc2)C1. The van der Waals surface area contributed by atoms with Crippen LogP contribution < -0.4 is 0 Å². The summed E-state index contributed by atoms with van der Waals surface area (Å²) in [5.41, 5.74) is 0.857. The van der Waals surface area contributed by atoms with Crippen molar-refractivity contribution in [2.24, 2.45) is 5.92 Å². The first-order valence-electron chi connectivity index (χ1n) is 6.95. The minimum atomic E-state index is 0.284. The lowest BCUT2D eigenvalue weighted by atomic mass is 9.91. The quantitative estimate of drug-likeness (QED) is 0.723. The topological polar surface area (TPSA) is 17.1 Å².